The Kier molecular flexibility index (Phi) is 5.66. The summed E-state index contributed by atoms with van der Waals surface area (Å²) in [6.45, 7) is 7.51. The van der Waals surface area contributed by atoms with Crippen LogP contribution in [0.15, 0.2) is 35.3 Å². The fraction of sp³-hybridized carbons (Fsp3) is 0.438. The third-order valence-electron chi connectivity index (χ3n) is 3.70. The van der Waals surface area contributed by atoms with Gasteiger partial charge in [-0.25, -0.2) is 4.98 Å². The fourth-order valence-electron chi connectivity index (χ4n) is 2.37. The number of likely N-dealkylation sites (N-methyl/N-ethyl adjacent to an activating group) is 1. The Morgan fingerprint density at radius 1 is 1.27 bits per heavy atom. The van der Waals surface area contributed by atoms with Crippen molar-refractivity contribution in [2.75, 3.05) is 26.2 Å². The molecule has 0 aliphatic carbocycles. The maximum Gasteiger partial charge on any atom is 0.269 e. The lowest BCUT2D eigenvalue weighted by Gasteiger charge is -2.18. The highest BCUT2D eigenvalue weighted by Crippen LogP contribution is 2.07. The zero-order chi connectivity index (χ0) is 15.9. The highest BCUT2D eigenvalue weighted by Gasteiger charge is 2.08. The number of nitrogens with one attached hydrogen (secondary N) is 1. The van der Waals surface area contributed by atoms with Crippen molar-refractivity contribution in [3.63, 3.8) is 0 Å². The summed E-state index contributed by atoms with van der Waals surface area (Å²) in [6.07, 6.45) is 1.26. The normalized spacial score (nSPS) is 11.0. The molecular weight excluding hydrogens is 280 g/mol. The summed E-state index contributed by atoms with van der Waals surface area (Å²) in [6, 6.07) is 7.31. The average molecular weight is 302 g/mol. The van der Waals surface area contributed by atoms with E-state index in [2.05, 4.69) is 29.0 Å². The number of carbonyl (C=O) groups excluding carboxylic acids is 1. The van der Waals surface area contributed by atoms with Crippen LogP contribution in [-0.4, -0.2) is 46.5 Å². The average Bonchev–Trinajstić information content (AvgIpc) is 2.54. The number of para-hydroxylation sites is 2. The molecule has 0 aliphatic heterocycles. The van der Waals surface area contributed by atoms with Gasteiger partial charge in [0.2, 0.25) is 5.91 Å². The molecule has 0 radical (unpaired) electrons. The van der Waals surface area contributed by atoms with Gasteiger partial charge in [0.1, 0.15) is 6.54 Å². The highest BCUT2D eigenvalue weighted by molar-refractivity contribution is 5.79. The molecule has 6 nitrogen and oxygen atoms in total. The smallest absolute Gasteiger partial charge is 0.269 e. The van der Waals surface area contributed by atoms with E-state index in [9.17, 15) is 9.59 Å². The van der Waals surface area contributed by atoms with Crippen LogP contribution in [0.25, 0.3) is 11.0 Å². The number of nitrogens with zero attached hydrogens (tertiary/aromatic N) is 3. The first-order valence-electron chi connectivity index (χ1n) is 7.59. The quantitative estimate of drug-likeness (QED) is 0.823. The van der Waals surface area contributed by atoms with E-state index in [1.54, 1.807) is 6.07 Å². The molecule has 0 unspecified atom stereocenters. The van der Waals surface area contributed by atoms with Crippen LogP contribution in [0.1, 0.15) is 13.8 Å². The third-order valence-corrected chi connectivity index (χ3v) is 3.70. The minimum atomic E-state index is -0.266. The van der Waals surface area contributed by atoms with E-state index in [1.807, 2.05) is 18.2 Å². The largest absolute Gasteiger partial charge is 0.353 e. The molecule has 1 heterocycles. The molecule has 0 atom stereocenters. The van der Waals surface area contributed by atoms with Gasteiger partial charge in [0, 0.05) is 13.1 Å². The van der Waals surface area contributed by atoms with Crippen molar-refractivity contribution < 1.29 is 4.79 Å². The molecule has 0 aliphatic rings. The Hall–Kier alpha value is -2.21. The Balaban J connectivity index is 2.03. The van der Waals surface area contributed by atoms with Gasteiger partial charge in [-0.15, -0.1) is 0 Å². The van der Waals surface area contributed by atoms with Crippen molar-refractivity contribution in [1.29, 1.82) is 0 Å². The Morgan fingerprint density at radius 2 is 2.00 bits per heavy atom. The molecule has 0 spiro atoms. The van der Waals surface area contributed by atoms with E-state index < -0.39 is 0 Å². The van der Waals surface area contributed by atoms with Crippen LogP contribution in [0, 0.1) is 0 Å². The molecule has 2 aromatic rings. The highest BCUT2D eigenvalue weighted by atomic mass is 16.2. The summed E-state index contributed by atoms with van der Waals surface area (Å²) in [4.78, 5) is 30.3. The number of fused-ring (bicyclic) bond motifs is 1. The predicted molar refractivity (Wildman–Crippen MR) is 86.8 cm³/mol. The van der Waals surface area contributed by atoms with Crippen molar-refractivity contribution >= 4 is 16.9 Å². The zero-order valence-electron chi connectivity index (χ0n) is 13.1. The second-order valence-corrected chi connectivity index (χ2v) is 5.05. The first kappa shape index (κ1) is 16.2. The number of hydrogen-bond donors (Lipinski definition) is 1. The molecule has 118 valence electrons. The molecule has 1 N–H and O–H groups in total. The molecule has 0 saturated heterocycles. The second kappa shape index (κ2) is 7.70. The van der Waals surface area contributed by atoms with Gasteiger partial charge in [-0.3, -0.25) is 14.2 Å². The number of rotatable bonds is 7. The first-order valence-corrected chi connectivity index (χ1v) is 7.59. The van der Waals surface area contributed by atoms with Crippen molar-refractivity contribution in [2.45, 2.75) is 20.4 Å². The molecule has 1 aromatic carbocycles. The Morgan fingerprint density at radius 3 is 2.73 bits per heavy atom. The van der Waals surface area contributed by atoms with Gasteiger partial charge in [-0.05, 0) is 25.2 Å². The number of hydrogen-bond acceptors (Lipinski definition) is 4. The Bertz CT molecular complexity index is 692. The van der Waals surface area contributed by atoms with Crippen LogP contribution in [0.3, 0.4) is 0 Å². The third kappa shape index (κ3) is 3.92. The van der Waals surface area contributed by atoms with Gasteiger partial charge in [-0.2, -0.15) is 0 Å². The van der Waals surface area contributed by atoms with E-state index in [4.69, 9.17) is 0 Å². The molecule has 2 rings (SSSR count). The lowest BCUT2D eigenvalue weighted by molar-refractivity contribution is -0.121. The van der Waals surface area contributed by atoms with Crippen LogP contribution < -0.4 is 10.9 Å². The van der Waals surface area contributed by atoms with Gasteiger partial charge >= 0.3 is 0 Å². The zero-order valence-corrected chi connectivity index (χ0v) is 13.1. The standard InChI is InChI=1S/C16H22N4O2/c1-3-19(4-2)10-9-17-15(21)12-20-14-8-6-5-7-13(14)18-11-16(20)22/h5-8,11H,3-4,9-10,12H2,1-2H3,(H,17,21). The SMILES string of the molecule is CCN(CC)CCNC(=O)Cn1c(=O)cnc2ccccc21. The summed E-state index contributed by atoms with van der Waals surface area (Å²) < 4.78 is 1.45. The van der Waals surface area contributed by atoms with E-state index >= 15 is 0 Å². The first-order chi connectivity index (χ1) is 10.7. The summed E-state index contributed by atoms with van der Waals surface area (Å²) in [5.74, 6) is -0.161. The van der Waals surface area contributed by atoms with E-state index in [-0.39, 0.29) is 18.0 Å². The molecule has 1 amide bonds. The molecule has 6 heteroatoms. The minimum absolute atomic E-state index is 0.0140. The van der Waals surface area contributed by atoms with Crippen LogP contribution in [-0.2, 0) is 11.3 Å². The Labute approximate surface area is 129 Å². The van der Waals surface area contributed by atoms with Gasteiger partial charge in [0.05, 0.1) is 17.2 Å². The van der Waals surface area contributed by atoms with Gasteiger partial charge < -0.3 is 10.2 Å². The van der Waals surface area contributed by atoms with Crippen LogP contribution in [0.5, 0.6) is 0 Å². The maximum absolute atomic E-state index is 12.1. The van der Waals surface area contributed by atoms with Crippen LogP contribution >= 0.6 is 0 Å². The number of benzene rings is 1. The monoisotopic (exact) mass is 302 g/mol. The molecule has 0 saturated carbocycles. The number of carbonyl (C=O) groups is 1. The summed E-state index contributed by atoms with van der Waals surface area (Å²) >= 11 is 0. The van der Waals surface area contributed by atoms with E-state index in [1.165, 1.54) is 10.8 Å². The van der Waals surface area contributed by atoms with Gasteiger partial charge in [-0.1, -0.05) is 26.0 Å². The van der Waals surface area contributed by atoms with Gasteiger partial charge in [0.15, 0.2) is 0 Å². The molecular formula is C16H22N4O2. The second-order valence-electron chi connectivity index (χ2n) is 5.05. The number of amides is 1. The van der Waals surface area contributed by atoms with Crippen molar-refractivity contribution in [1.82, 2.24) is 19.8 Å². The summed E-state index contributed by atoms with van der Waals surface area (Å²) in [5.41, 5.74) is 1.12. The lowest BCUT2D eigenvalue weighted by atomic mass is 10.3. The molecule has 22 heavy (non-hydrogen) atoms. The topological polar surface area (TPSA) is 67.2 Å². The van der Waals surface area contributed by atoms with Crippen LogP contribution in [0.4, 0.5) is 0 Å². The molecule has 0 bridgehead atoms. The van der Waals surface area contributed by atoms with E-state index in [0.717, 1.165) is 19.6 Å². The van der Waals surface area contributed by atoms with Crippen LogP contribution in [0.2, 0.25) is 0 Å². The lowest BCUT2D eigenvalue weighted by Crippen LogP contribution is -2.37. The summed E-state index contributed by atoms with van der Waals surface area (Å²) in [7, 11) is 0. The van der Waals surface area contributed by atoms with Gasteiger partial charge in [0.25, 0.3) is 5.56 Å². The molecule has 0 fully saturated rings. The predicted octanol–water partition coefficient (Wildman–Crippen LogP) is 0.855. The van der Waals surface area contributed by atoms with Crippen molar-refractivity contribution in [3.8, 4) is 0 Å². The fourth-order valence-corrected chi connectivity index (χ4v) is 2.37. The summed E-state index contributed by atoms with van der Waals surface area (Å²) in [5, 5.41) is 2.86. The molecule has 1 aromatic heterocycles. The van der Waals surface area contributed by atoms with Crippen molar-refractivity contribution in [2.24, 2.45) is 0 Å². The maximum atomic E-state index is 12.1. The van der Waals surface area contributed by atoms with E-state index in [0.29, 0.717) is 17.6 Å². The van der Waals surface area contributed by atoms with Crippen molar-refractivity contribution in [3.05, 3.63) is 40.8 Å². The number of aromatic nitrogens is 2. The minimum Gasteiger partial charge on any atom is -0.353 e.